The number of benzene rings is 1. The lowest BCUT2D eigenvalue weighted by molar-refractivity contribution is 0.0701. The summed E-state index contributed by atoms with van der Waals surface area (Å²) in [5.41, 5.74) is 0.824. The molecule has 106 valence electrons. The minimum atomic E-state index is -0.851. The smallest absolute Gasteiger partial charge is 0.346 e. The molecule has 1 saturated heterocycles. The number of carboxylic acid groups (broad SMARTS) is 1. The number of nitrogens with one attached hydrogen (secondary N) is 1. The summed E-state index contributed by atoms with van der Waals surface area (Å²) in [6.45, 7) is 4.12. The van der Waals surface area contributed by atoms with E-state index in [2.05, 4.69) is 12.2 Å². The van der Waals surface area contributed by atoms with Crippen LogP contribution in [0.25, 0.3) is 10.1 Å². The van der Waals surface area contributed by atoms with Gasteiger partial charge in [0.05, 0.1) is 6.61 Å². The summed E-state index contributed by atoms with van der Waals surface area (Å²) in [5, 5.41) is 13.9. The van der Waals surface area contributed by atoms with Crippen molar-refractivity contribution in [3.63, 3.8) is 0 Å². The van der Waals surface area contributed by atoms with Gasteiger partial charge in [-0.15, -0.1) is 11.3 Å². The molecule has 5 heteroatoms. The van der Waals surface area contributed by atoms with Crippen LogP contribution in [0.2, 0.25) is 0 Å². The van der Waals surface area contributed by atoms with E-state index in [0.29, 0.717) is 18.0 Å². The van der Waals surface area contributed by atoms with Gasteiger partial charge in [0.1, 0.15) is 4.88 Å². The van der Waals surface area contributed by atoms with Crippen molar-refractivity contribution in [2.75, 3.05) is 13.2 Å². The van der Waals surface area contributed by atoms with Crippen molar-refractivity contribution < 1.29 is 14.6 Å². The molecular formula is C15H17NO3S. The van der Waals surface area contributed by atoms with E-state index < -0.39 is 5.97 Å². The first-order valence-electron chi connectivity index (χ1n) is 6.65. The number of carbonyl (C=O) groups is 1. The molecule has 1 unspecified atom stereocenters. The summed E-state index contributed by atoms with van der Waals surface area (Å²) in [7, 11) is 0. The molecule has 0 amide bonds. The van der Waals surface area contributed by atoms with Crippen LogP contribution >= 0.6 is 11.3 Å². The number of aromatic carboxylic acids is 1. The zero-order valence-corrected chi connectivity index (χ0v) is 12.1. The van der Waals surface area contributed by atoms with Crippen molar-refractivity contribution in [3.8, 4) is 0 Å². The van der Waals surface area contributed by atoms with E-state index in [1.807, 2.05) is 24.3 Å². The number of hydrogen-bond donors (Lipinski definition) is 2. The van der Waals surface area contributed by atoms with Crippen molar-refractivity contribution in [1.82, 2.24) is 5.32 Å². The number of thiophene rings is 1. The standard InChI is InChI=1S/C15H17NO3S/c1-15(6-7-19-9-15)16-8-11-10-4-2-3-5-12(10)20-13(11)14(17)18/h2-5,16H,6-9H2,1H3,(H,17,18). The summed E-state index contributed by atoms with van der Waals surface area (Å²) in [5.74, 6) is -0.851. The predicted molar refractivity (Wildman–Crippen MR) is 79.5 cm³/mol. The van der Waals surface area contributed by atoms with Crippen molar-refractivity contribution in [1.29, 1.82) is 0 Å². The van der Waals surface area contributed by atoms with Gasteiger partial charge in [-0.05, 0) is 30.4 Å². The zero-order chi connectivity index (χ0) is 14.2. The lowest BCUT2D eigenvalue weighted by Gasteiger charge is -2.23. The molecular weight excluding hydrogens is 274 g/mol. The Labute approximate surface area is 121 Å². The van der Waals surface area contributed by atoms with Crippen LogP contribution in [0, 0.1) is 0 Å². The molecule has 2 aromatic rings. The van der Waals surface area contributed by atoms with Gasteiger partial charge in [-0.3, -0.25) is 0 Å². The highest BCUT2D eigenvalue weighted by atomic mass is 32.1. The summed E-state index contributed by atoms with van der Waals surface area (Å²) in [4.78, 5) is 11.9. The topological polar surface area (TPSA) is 58.6 Å². The van der Waals surface area contributed by atoms with Gasteiger partial charge >= 0.3 is 5.97 Å². The van der Waals surface area contributed by atoms with Crippen molar-refractivity contribution in [2.45, 2.75) is 25.4 Å². The molecule has 0 radical (unpaired) electrons. The third kappa shape index (κ3) is 2.44. The van der Waals surface area contributed by atoms with Gasteiger partial charge in [0.15, 0.2) is 0 Å². The molecule has 0 spiro atoms. The Morgan fingerprint density at radius 1 is 1.50 bits per heavy atom. The number of carboxylic acids is 1. The Morgan fingerprint density at radius 2 is 2.30 bits per heavy atom. The number of rotatable bonds is 4. The number of hydrogen-bond acceptors (Lipinski definition) is 4. The van der Waals surface area contributed by atoms with E-state index in [4.69, 9.17) is 4.74 Å². The first-order valence-corrected chi connectivity index (χ1v) is 7.47. The van der Waals surface area contributed by atoms with Gasteiger partial charge in [0, 0.05) is 23.4 Å². The van der Waals surface area contributed by atoms with Gasteiger partial charge in [-0.2, -0.15) is 0 Å². The SMILES string of the molecule is CC1(NCc2c(C(=O)O)sc3ccccc23)CCOC1. The predicted octanol–water partition coefficient (Wildman–Crippen LogP) is 2.87. The van der Waals surface area contributed by atoms with Crippen molar-refractivity contribution >= 4 is 27.4 Å². The molecule has 0 bridgehead atoms. The first-order chi connectivity index (χ1) is 9.59. The van der Waals surface area contributed by atoms with Gasteiger partial charge < -0.3 is 15.2 Å². The van der Waals surface area contributed by atoms with E-state index >= 15 is 0 Å². The van der Waals surface area contributed by atoms with Crippen LogP contribution in [0.15, 0.2) is 24.3 Å². The van der Waals surface area contributed by atoms with Crippen LogP contribution in [0.4, 0.5) is 0 Å². The fourth-order valence-corrected chi connectivity index (χ4v) is 3.62. The van der Waals surface area contributed by atoms with Crippen LogP contribution in [0.5, 0.6) is 0 Å². The molecule has 20 heavy (non-hydrogen) atoms. The van der Waals surface area contributed by atoms with E-state index in [0.717, 1.165) is 28.7 Å². The molecule has 4 nitrogen and oxygen atoms in total. The zero-order valence-electron chi connectivity index (χ0n) is 11.3. The molecule has 2 heterocycles. The molecule has 2 N–H and O–H groups in total. The highest BCUT2D eigenvalue weighted by molar-refractivity contribution is 7.21. The second-order valence-electron chi connectivity index (χ2n) is 5.43. The quantitative estimate of drug-likeness (QED) is 0.909. The average molecular weight is 291 g/mol. The van der Waals surface area contributed by atoms with E-state index in [-0.39, 0.29) is 5.54 Å². The maximum atomic E-state index is 11.4. The van der Waals surface area contributed by atoms with Crippen LogP contribution in [-0.2, 0) is 11.3 Å². The minimum Gasteiger partial charge on any atom is -0.477 e. The van der Waals surface area contributed by atoms with E-state index in [1.54, 1.807) is 0 Å². The Balaban J connectivity index is 1.92. The second-order valence-corrected chi connectivity index (χ2v) is 6.48. The molecule has 0 saturated carbocycles. The maximum Gasteiger partial charge on any atom is 0.346 e. The van der Waals surface area contributed by atoms with Gasteiger partial charge in [-0.1, -0.05) is 18.2 Å². The fraction of sp³-hybridized carbons (Fsp3) is 0.400. The molecule has 1 aliphatic heterocycles. The molecule has 3 rings (SSSR count). The third-order valence-corrected chi connectivity index (χ3v) is 5.00. The first kappa shape index (κ1) is 13.5. The summed E-state index contributed by atoms with van der Waals surface area (Å²) >= 11 is 1.34. The lowest BCUT2D eigenvalue weighted by atomic mass is 10.0. The largest absolute Gasteiger partial charge is 0.477 e. The Morgan fingerprint density at radius 3 is 3.00 bits per heavy atom. The molecule has 0 aliphatic carbocycles. The minimum absolute atomic E-state index is 0.0567. The van der Waals surface area contributed by atoms with Crippen LogP contribution < -0.4 is 5.32 Å². The highest BCUT2D eigenvalue weighted by Crippen LogP contribution is 2.32. The van der Waals surface area contributed by atoms with Crippen LogP contribution in [-0.4, -0.2) is 29.8 Å². The number of fused-ring (bicyclic) bond motifs is 1. The molecule has 1 aromatic heterocycles. The maximum absolute atomic E-state index is 11.4. The van der Waals surface area contributed by atoms with E-state index in [9.17, 15) is 9.90 Å². The number of ether oxygens (including phenoxy) is 1. The molecule has 1 aromatic carbocycles. The van der Waals surface area contributed by atoms with Gasteiger partial charge in [0.2, 0.25) is 0 Å². The average Bonchev–Trinajstić information content (AvgIpc) is 3.01. The lowest BCUT2D eigenvalue weighted by Crippen LogP contribution is -2.42. The molecule has 1 fully saturated rings. The van der Waals surface area contributed by atoms with Crippen molar-refractivity contribution in [3.05, 3.63) is 34.7 Å². The van der Waals surface area contributed by atoms with E-state index in [1.165, 1.54) is 11.3 Å². The van der Waals surface area contributed by atoms with Crippen molar-refractivity contribution in [2.24, 2.45) is 0 Å². The van der Waals surface area contributed by atoms with Gasteiger partial charge in [-0.25, -0.2) is 4.79 Å². The Hall–Kier alpha value is -1.43. The normalized spacial score (nSPS) is 22.4. The van der Waals surface area contributed by atoms with Crippen LogP contribution in [0.3, 0.4) is 0 Å². The Kier molecular flexibility index (Phi) is 3.50. The summed E-state index contributed by atoms with van der Waals surface area (Å²) < 4.78 is 6.44. The Bertz CT molecular complexity index is 644. The summed E-state index contributed by atoms with van der Waals surface area (Å²) in [6, 6.07) is 7.84. The van der Waals surface area contributed by atoms with Crippen LogP contribution in [0.1, 0.15) is 28.6 Å². The molecule has 1 aliphatic rings. The monoisotopic (exact) mass is 291 g/mol. The highest BCUT2D eigenvalue weighted by Gasteiger charge is 2.29. The third-order valence-electron chi connectivity index (χ3n) is 3.80. The summed E-state index contributed by atoms with van der Waals surface area (Å²) in [6.07, 6.45) is 0.956. The fourth-order valence-electron chi connectivity index (χ4n) is 2.56. The second kappa shape index (κ2) is 5.16. The molecule has 1 atom stereocenters. The van der Waals surface area contributed by atoms with Gasteiger partial charge in [0.25, 0.3) is 0 Å².